The molecule has 1 aromatic rings. The quantitative estimate of drug-likeness (QED) is 0.833. The maximum atomic E-state index is 3.71. The molecule has 1 fully saturated rings. The minimum Gasteiger partial charge on any atom is -0.310 e. The van der Waals surface area contributed by atoms with Gasteiger partial charge in [0.15, 0.2) is 0 Å². The van der Waals surface area contributed by atoms with Crippen LogP contribution >= 0.6 is 0 Å². The molecule has 0 radical (unpaired) electrons. The topological polar surface area (TPSA) is 18.5 Å². The van der Waals surface area contributed by atoms with Gasteiger partial charge in [-0.15, -0.1) is 0 Å². The van der Waals surface area contributed by atoms with Crippen molar-refractivity contribution in [3.63, 3.8) is 0 Å². The van der Waals surface area contributed by atoms with Gasteiger partial charge >= 0.3 is 0 Å². The molecule has 1 aliphatic rings. The van der Waals surface area contributed by atoms with Crippen molar-refractivity contribution < 1.29 is 0 Å². The number of nitrogens with one attached hydrogen (secondary N) is 1. The lowest BCUT2D eigenvalue weighted by atomic mass is 10.0. The van der Waals surface area contributed by atoms with Crippen molar-refractivity contribution in [2.75, 3.05) is 39.8 Å². The molecule has 0 bridgehead atoms. The first-order valence-corrected chi connectivity index (χ1v) is 8.41. The standard InChI is InChI=1S/C18H31N3/c1-4-11-19-18(17-8-6-5-7-9-17)10-12-21-14-13-20(3)16(2)15-21/h5-9,16,18-19H,4,10-15H2,1-3H3. The van der Waals surface area contributed by atoms with Crippen LogP contribution in [0.2, 0.25) is 0 Å². The highest BCUT2D eigenvalue weighted by molar-refractivity contribution is 5.18. The molecule has 1 aromatic carbocycles. The number of hydrogen-bond acceptors (Lipinski definition) is 3. The molecule has 0 aromatic heterocycles. The van der Waals surface area contributed by atoms with Gasteiger partial charge in [0.25, 0.3) is 0 Å². The van der Waals surface area contributed by atoms with E-state index in [2.05, 4.69) is 66.3 Å². The minimum absolute atomic E-state index is 0.487. The van der Waals surface area contributed by atoms with Gasteiger partial charge in [0.1, 0.15) is 0 Å². The van der Waals surface area contributed by atoms with Crippen molar-refractivity contribution in [3.8, 4) is 0 Å². The van der Waals surface area contributed by atoms with E-state index in [0.717, 1.165) is 6.54 Å². The molecular weight excluding hydrogens is 258 g/mol. The predicted octanol–water partition coefficient (Wildman–Crippen LogP) is 2.75. The molecule has 0 aliphatic carbocycles. The second kappa shape index (κ2) is 8.52. The molecule has 0 amide bonds. The molecule has 3 heteroatoms. The monoisotopic (exact) mass is 289 g/mol. The van der Waals surface area contributed by atoms with E-state index in [-0.39, 0.29) is 0 Å². The molecule has 2 unspecified atom stereocenters. The molecule has 2 atom stereocenters. The van der Waals surface area contributed by atoms with Crippen LogP contribution in [0.1, 0.15) is 38.3 Å². The largest absolute Gasteiger partial charge is 0.310 e. The van der Waals surface area contributed by atoms with Crippen molar-refractivity contribution >= 4 is 0 Å². The fourth-order valence-corrected chi connectivity index (χ4v) is 3.03. The summed E-state index contributed by atoms with van der Waals surface area (Å²) >= 11 is 0. The summed E-state index contributed by atoms with van der Waals surface area (Å²) in [7, 11) is 2.23. The summed E-state index contributed by atoms with van der Waals surface area (Å²) in [5, 5.41) is 3.71. The molecule has 0 saturated carbocycles. The summed E-state index contributed by atoms with van der Waals surface area (Å²) in [6.07, 6.45) is 2.38. The SMILES string of the molecule is CCCNC(CCN1CCN(C)C(C)C1)c1ccccc1. The normalized spacial score (nSPS) is 22.3. The third-order valence-corrected chi connectivity index (χ3v) is 4.62. The van der Waals surface area contributed by atoms with Crippen molar-refractivity contribution in [1.29, 1.82) is 0 Å². The first-order chi connectivity index (χ1) is 10.2. The molecule has 118 valence electrons. The summed E-state index contributed by atoms with van der Waals surface area (Å²) in [6, 6.07) is 12.1. The van der Waals surface area contributed by atoms with Gasteiger partial charge in [-0.2, -0.15) is 0 Å². The number of rotatable bonds is 7. The Balaban J connectivity index is 1.87. The maximum absolute atomic E-state index is 3.71. The van der Waals surface area contributed by atoms with E-state index in [1.807, 2.05) is 0 Å². The van der Waals surface area contributed by atoms with Crippen LogP contribution in [-0.2, 0) is 0 Å². The summed E-state index contributed by atoms with van der Waals surface area (Å²) in [6.45, 7) is 10.4. The van der Waals surface area contributed by atoms with Crippen LogP contribution in [0.15, 0.2) is 30.3 Å². The zero-order valence-corrected chi connectivity index (χ0v) is 13.9. The third-order valence-electron chi connectivity index (χ3n) is 4.62. The zero-order valence-electron chi connectivity index (χ0n) is 13.9. The maximum Gasteiger partial charge on any atom is 0.0332 e. The Labute approximate surface area is 130 Å². The first-order valence-electron chi connectivity index (χ1n) is 8.41. The van der Waals surface area contributed by atoms with E-state index in [4.69, 9.17) is 0 Å². The van der Waals surface area contributed by atoms with Gasteiger partial charge in [-0.3, -0.25) is 0 Å². The van der Waals surface area contributed by atoms with Crippen LogP contribution in [0.5, 0.6) is 0 Å². The number of hydrogen-bond donors (Lipinski definition) is 1. The van der Waals surface area contributed by atoms with E-state index in [1.54, 1.807) is 0 Å². The molecule has 1 N–H and O–H groups in total. The molecule has 2 rings (SSSR count). The van der Waals surface area contributed by atoms with Crippen molar-refractivity contribution in [3.05, 3.63) is 35.9 Å². The number of likely N-dealkylation sites (N-methyl/N-ethyl adjacent to an activating group) is 1. The average molecular weight is 289 g/mol. The van der Waals surface area contributed by atoms with Crippen LogP contribution in [-0.4, -0.2) is 55.6 Å². The number of piperazine rings is 1. The zero-order chi connectivity index (χ0) is 15.1. The predicted molar refractivity (Wildman–Crippen MR) is 90.6 cm³/mol. The Bertz CT molecular complexity index is 393. The Kier molecular flexibility index (Phi) is 6.68. The van der Waals surface area contributed by atoms with E-state index >= 15 is 0 Å². The summed E-state index contributed by atoms with van der Waals surface area (Å²) in [4.78, 5) is 5.08. The van der Waals surface area contributed by atoms with Gasteiger partial charge < -0.3 is 15.1 Å². The second-order valence-electron chi connectivity index (χ2n) is 6.34. The molecule has 1 aliphatic heterocycles. The highest BCUT2D eigenvalue weighted by Crippen LogP contribution is 2.18. The van der Waals surface area contributed by atoms with Crippen molar-refractivity contribution in [1.82, 2.24) is 15.1 Å². The van der Waals surface area contributed by atoms with Crippen molar-refractivity contribution in [2.45, 2.75) is 38.8 Å². The van der Waals surface area contributed by atoms with Crippen LogP contribution in [0.4, 0.5) is 0 Å². The fourth-order valence-electron chi connectivity index (χ4n) is 3.03. The van der Waals surface area contributed by atoms with Crippen LogP contribution in [0.3, 0.4) is 0 Å². The lowest BCUT2D eigenvalue weighted by Crippen LogP contribution is -2.50. The van der Waals surface area contributed by atoms with E-state index in [1.165, 1.54) is 44.6 Å². The lowest BCUT2D eigenvalue weighted by Gasteiger charge is -2.38. The number of nitrogens with zero attached hydrogens (tertiary/aromatic N) is 2. The van der Waals surface area contributed by atoms with E-state index in [9.17, 15) is 0 Å². The molecular formula is C18H31N3. The number of benzene rings is 1. The molecule has 21 heavy (non-hydrogen) atoms. The van der Waals surface area contributed by atoms with Crippen molar-refractivity contribution in [2.24, 2.45) is 0 Å². The summed E-state index contributed by atoms with van der Waals surface area (Å²) in [5.74, 6) is 0. The fraction of sp³-hybridized carbons (Fsp3) is 0.667. The Morgan fingerprint density at radius 1 is 1.24 bits per heavy atom. The van der Waals surface area contributed by atoms with Gasteiger partial charge in [-0.1, -0.05) is 37.3 Å². The molecule has 0 spiro atoms. The third kappa shape index (κ3) is 5.10. The summed E-state index contributed by atoms with van der Waals surface area (Å²) < 4.78 is 0. The highest BCUT2D eigenvalue weighted by atomic mass is 15.3. The first kappa shape index (κ1) is 16.5. The Hall–Kier alpha value is -0.900. The van der Waals surface area contributed by atoms with E-state index < -0.39 is 0 Å². The van der Waals surface area contributed by atoms with Gasteiger partial charge in [0.2, 0.25) is 0 Å². The molecule has 1 saturated heterocycles. The van der Waals surface area contributed by atoms with E-state index in [0.29, 0.717) is 12.1 Å². The Morgan fingerprint density at radius 3 is 2.67 bits per heavy atom. The minimum atomic E-state index is 0.487. The highest BCUT2D eigenvalue weighted by Gasteiger charge is 2.21. The van der Waals surface area contributed by atoms with Crippen LogP contribution in [0.25, 0.3) is 0 Å². The Morgan fingerprint density at radius 2 is 2.00 bits per heavy atom. The van der Waals surface area contributed by atoms with Crippen LogP contribution in [0, 0.1) is 0 Å². The second-order valence-corrected chi connectivity index (χ2v) is 6.34. The lowest BCUT2D eigenvalue weighted by molar-refractivity contribution is 0.102. The smallest absolute Gasteiger partial charge is 0.0332 e. The van der Waals surface area contributed by atoms with Gasteiger partial charge in [0, 0.05) is 38.3 Å². The van der Waals surface area contributed by atoms with Gasteiger partial charge in [-0.25, -0.2) is 0 Å². The molecule has 1 heterocycles. The average Bonchev–Trinajstić information content (AvgIpc) is 2.51. The molecule has 3 nitrogen and oxygen atoms in total. The van der Waals surface area contributed by atoms with Gasteiger partial charge in [0.05, 0.1) is 0 Å². The summed E-state index contributed by atoms with van der Waals surface area (Å²) in [5.41, 5.74) is 1.42. The van der Waals surface area contributed by atoms with Crippen LogP contribution < -0.4 is 5.32 Å². The van der Waals surface area contributed by atoms with Gasteiger partial charge in [-0.05, 0) is 38.9 Å².